The molecule has 0 radical (unpaired) electrons. The summed E-state index contributed by atoms with van der Waals surface area (Å²) < 4.78 is 5.28. The van der Waals surface area contributed by atoms with Crippen LogP contribution in [-0.4, -0.2) is 38.6 Å². The van der Waals surface area contributed by atoms with Gasteiger partial charge in [-0.3, -0.25) is 10.6 Å². The van der Waals surface area contributed by atoms with Crippen LogP contribution in [0.2, 0.25) is 0 Å². The molecule has 0 aromatic heterocycles. The molecule has 2 aliphatic heterocycles. The van der Waals surface area contributed by atoms with Crippen LogP contribution in [0.25, 0.3) is 0 Å². The molecule has 0 saturated carbocycles. The third kappa shape index (κ3) is 1.77. The first-order valence-corrected chi connectivity index (χ1v) is 4.66. The summed E-state index contributed by atoms with van der Waals surface area (Å²) in [4.78, 5) is 0. The van der Waals surface area contributed by atoms with Gasteiger partial charge < -0.3 is 10.1 Å². The molecule has 0 aromatic rings. The van der Waals surface area contributed by atoms with Gasteiger partial charge in [0.05, 0.1) is 13.5 Å². The van der Waals surface area contributed by atoms with Crippen LogP contribution in [0.1, 0.15) is 12.8 Å². The second-order valence-corrected chi connectivity index (χ2v) is 3.63. The molecule has 4 nitrogen and oxygen atoms in total. The zero-order chi connectivity index (χ0) is 8.28. The predicted molar refractivity (Wildman–Crippen MR) is 46.8 cm³/mol. The minimum Gasteiger partial charge on any atom is -0.351 e. The Hall–Kier alpha value is -0.160. The Morgan fingerprint density at radius 2 is 1.83 bits per heavy atom. The van der Waals surface area contributed by atoms with Crippen LogP contribution in [0.3, 0.4) is 0 Å². The van der Waals surface area contributed by atoms with Crippen LogP contribution in [0.4, 0.5) is 0 Å². The summed E-state index contributed by atoms with van der Waals surface area (Å²) in [6.45, 7) is 4.65. The highest BCUT2D eigenvalue weighted by molar-refractivity contribution is 4.94. The third-order valence-corrected chi connectivity index (χ3v) is 2.78. The van der Waals surface area contributed by atoms with Crippen LogP contribution in [0, 0.1) is 0 Å². The molecule has 2 heterocycles. The summed E-state index contributed by atoms with van der Waals surface area (Å²) in [5, 5.41) is 10.1. The largest absolute Gasteiger partial charge is 0.351 e. The maximum absolute atomic E-state index is 5.28. The molecule has 0 bridgehead atoms. The SMILES string of the molecule is C1CC2(CCN1)CNCOCN2. The molecule has 12 heavy (non-hydrogen) atoms. The van der Waals surface area contributed by atoms with Crippen molar-refractivity contribution in [3.63, 3.8) is 0 Å². The fraction of sp³-hybridized carbons (Fsp3) is 1.00. The number of piperidine rings is 1. The topological polar surface area (TPSA) is 45.3 Å². The summed E-state index contributed by atoms with van der Waals surface area (Å²) >= 11 is 0. The van der Waals surface area contributed by atoms with E-state index in [2.05, 4.69) is 16.0 Å². The molecule has 3 N–H and O–H groups in total. The van der Waals surface area contributed by atoms with E-state index in [0.717, 1.165) is 19.6 Å². The molecule has 0 aliphatic carbocycles. The van der Waals surface area contributed by atoms with Crippen molar-refractivity contribution in [2.45, 2.75) is 18.4 Å². The van der Waals surface area contributed by atoms with Crippen molar-refractivity contribution in [2.75, 3.05) is 33.1 Å². The van der Waals surface area contributed by atoms with Gasteiger partial charge in [0.1, 0.15) is 0 Å². The van der Waals surface area contributed by atoms with E-state index in [1.807, 2.05) is 0 Å². The van der Waals surface area contributed by atoms with Gasteiger partial charge in [0.2, 0.25) is 0 Å². The molecule has 4 heteroatoms. The molecular formula is C8H17N3O. The first-order chi connectivity index (χ1) is 5.91. The molecular weight excluding hydrogens is 154 g/mol. The molecule has 1 spiro atoms. The second-order valence-electron chi connectivity index (χ2n) is 3.63. The predicted octanol–water partition coefficient (Wildman–Crippen LogP) is -0.767. The number of hydrogen-bond donors (Lipinski definition) is 3. The first-order valence-electron chi connectivity index (χ1n) is 4.66. The Bertz CT molecular complexity index is 135. The fourth-order valence-corrected chi connectivity index (χ4v) is 1.94. The van der Waals surface area contributed by atoms with Gasteiger partial charge in [0, 0.05) is 12.1 Å². The maximum Gasteiger partial charge on any atom is 0.0987 e. The average Bonchev–Trinajstić information content (AvgIpc) is 2.33. The summed E-state index contributed by atoms with van der Waals surface area (Å²) in [6, 6.07) is 0. The van der Waals surface area contributed by atoms with Crippen molar-refractivity contribution in [3.8, 4) is 0 Å². The highest BCUT2D eigenvalue weighted by atomic mass is 16.5. The molecule has 0 unspecified atom stereocenters. The maximum atomic E-state index is 5.28. The Morgan fingerprint density at radius 3 is 2.67 bits per heavy atom. The Morgan fingerprint density at radius 1 is 1.00 bits per heavy atom. The van der Waals surface area contributed by atoms with E-state index in [0.29, 0.717) is 19.0 Å². The number of rotatable bonds is 0. The first kappa shape index (κ1) is 8.44. The summed E-state index contributed by atoms with van der Waals surface area (Å²) in [5.74, 6) is 0. The van der Waals surface area contributed by atoms with E-state index in [-0.39, 0.29) is 0 Å². The summed E-state index contributed by atoms with van der Waals surface area (Å²) in [5.41, 5.74) is 0.293. The zero-order valence-corrected chi connectivity index (χ0v) is 7.36. The molecule has 0 atom stereocenters. The highest BCUT2D eigenvalue weighted by Gasteiger charge is 2.31. The van der Waals surface area contributed by atoms with E-state index in [1.54, 1.807) is 0 Å². The van der Waals surface area contributed by atoms with E-state index in [1.165, 1.54) is 12.8 Å². The minimum atomic E-state index is 0.293. The van der Waals surface area contributed by atoms with Gasteiger partial charge in [-0.05, 0) is 25.9 Å². The quantitative estimate of drug-likeness (QED) is 0.448. The van der Waals surface area contributed by atoms with Gasteiger partial charge in [-0.1, -0.05) is 0 Å². The summed E-state index contributed by atoms with van der Waals surface area (Å²) in [6.07, 6.45) is 2.40. The van der Waals surface area contributed by atoms with E-state index < -0.39 is 0 Å². The van der Waals surface area contributed by atoms with Gasteiger partial charge in [-0.15, -0.1) is 0 Å². The van der Waals surface area contributed by atoms with Gasteiger partial charge in [-0.25, -0.2) is 0 Å². The van der Waals surface area contributed by atoms with Crippen LogP contribution >= 0.6 is 0 Å². The summed E-state index contributed by atoms with van der Waals surface area (Å²) in [7, 11) is 0. The lowest BCUT2D eigenvalue weighted by Crippen LogP contribution is -2.56. The lowest BCUT2D eigenvalue weighted by molar-refractivity contribution is 0.107. The Balaban J connectivity index is 1.95. The van der Waals surface area contributed by atoms with Crippen molar-refractivity contribution in [1.82, 2.24) is 16.0 Å². The van der Waals surface area contributed by atoms with Crippen molar-refractivity contribution in [3.05, 3.63) is 0 Å². The van der Waals surface area contributed by atoms with Crippen molar-refractivity contribution in [2.24, 2.45) is 0 Å². The second kappa shape index (κ2) is 3.70. The molecule has 2 aliphatic rings. The van der Waals surface area contributed by atoms with Crippen LogP contribution < -0.4 is 16.0 Å². The molecule has 0 aromatic carbocycles. The third-order valence-electron chi connectivity index (χ3n) is 2.78. The minimum absolute atomic E-state index is 0.293. The number of ether oxygens (including phenoxy) is 1. The van der Waals surface area contributed by atoms with Gasteiger partial charge in [-0.2, -0.15) is 0 Å². The van der Waals surface area contributed by atoms with Gasteiger partial charge in [0.25, 0.3) is 0 Å². The fourth-order valence-electron chi connectivity index (χ4n) is 1.94. The van der Waals surface area contributed by atoms with Crippen LogP contribution in [-0.2, 0) is 4.74 Å². The molecule has 2 saturated heterocycles. The van der Waals surface area contributed by atoms with Crippen molar-refractivity contribution in [1.29, 1.82) is 0 Å². The van der Waals surface area contributed by atoms with E-state index in [4.69, 9.17) is 4.74 Å². The Kier molecular flexibility index (Phi) is 2.60. The van der Waals surface area contributed by atoms with Crippen molar-refractivity contribution >= 4 is 0 Å². The van der Waals surface area contributed by atoms with Gasteiger partial charge >= 0.3 is 0 Å². The van der Waals surface area contributed by atoms with Crippen LogP contribution in [0.5, 0.6) is 0 Å². The van der Waals surface area contributed by atoms with Crippen LogP contribution in [0.15, 0.2) is 0 Å². The van der Waals surface area contributed by atoms with Gasteiger partial charge in [0.15, 0.2) is 0 Å². The smallest absolute Gasteiger partial charge is 0.0987 e. The van der Waals surface area contributed by atoms with E-state index >= 15 is 0 Å². The highest BCUT2D eigenvalue weighted by Crippen LogP contribution is 2.17. The normalized spacial score (nSPS) is 30.0. The number of hydrogen-bond acceptors (Lipinski definition) is 4. The monoisotopic (exact) mass is 171 g/mol. The van der Waals surface area contributed by atoms with E-state index in [9.17, 15) is 0 Å². The standard InChI is InChI=1S/C8H17N3O/c1-3-9-4-2-8(1)5-10-6-12-7-11-8/h9-11H,1-7H2. The lowest BCUT2D eigenvalue weighted by Gasteiger charge is -2.36. The average molecular weight is 171 g/mol. The molecule has 2 fully saturated rings. The lowest BCUT2D eigenvalue weighted by atomic mass is 9.88. The van der Waals surface area contributed by atoms with Crippen molar-refractivity contribution < 1.29 is 4.74 Å². The zero-order valence-electron chi connectivity index (χ0n) is 7.36. The number of nitrogens with one attached hydrogen (secondary N) is 3. The molecule has 2 rings (SSSR count). The molecule has 0 amide bonds. The molecule has 70 valence electrons. The Labute approximate surface area is 73.0 Å².